The van der Waals surface area contributed by atoms with Gasteiger partial charge in [-0.2, -0.15) is 0 Å². The van der Waals surface area contributed by atoms with E-state index in [0.717, 1.165) is 10.9 Å². The van der Waals surface area contributed by atoms with Gasteiger partial charge >= 0.3 is 5.97 Å². The normalized spacial score (nSPS) is 12.0. The van der Waals surface area contributed by atoms with Crippen molar-refractivity contribution in [1.82, 2.24) is 9.88 Å². The van der Waals surface area contributed by atoms with Crippen molar-refractivity contribution in [1.29, 1.82) is 0 Å². The molecule has 2 aromatic carbocycles. The van der Waals surface area contributed by atoms with Gasteiger partial charge in [-0.15, -0.1) is 0 Å². The van der Waals surface area contributed by atoms with Crippen LogP contribution in [0.1, 0.15) is 11.6 Å². The molecule has 1 heterocycles. The third-order valence-corrected chi connectivity index (χ3v) is 3.97. The molecule has 0 bridgehead atoms. The summed E-state index contributed by atoms with van der Waals surface area (Å²) < 4.78 is 1.75. The Balaban J connectivity index is 1.77. The Kier molecular flexibility index (Phi) is 4.53. The van der Waals surface area contributed by atoms with Crippen molar-refractivity contribution in [2.45, 2.75) is 12.6 Å². The Morgan fingerprint density at radius 3 is 2.58 bits per heavy atom. The number of benzene rings is 2. The van der Waals surface area contributed by atoms with E-state index in [1.54, 1.807) is 47.2 Å². The third kappa shape index (κ3) is 3.41. The molecule has 5 nitrogen and oxygen atoms in total. The topological polar surface area (TPSA) is 71.3 Å². The average Bonchev–Trinajstić information content (AvgIpc) is 2.95. The van der Waals surface area contributed by atoms with Gasteiger partial charge in [-0.1, -0.05) is 41.9 Å². The summed E-state index contributed by atoms with van der Waals surface area (Å²) >= 11 is 5.95. The number of amides is 1. The molecule has 0 radical (unpaired) electrons. The predicted molar refractivity (Wildman–Crippen MR) is 91.9 cm³/mol. The monoisotopic (exact) mass is 342 g/mol. The van der Waals surface area contributed by atoms with Crippen LogP contribution in [-0.2, 0) is 16.1 Å². The molecule has 1 atom stereocenters. The van der Waals surface area contributed by atoms with Gasteiger partial charge in [0.2, 0.25) is 5.91 Å². The second-order valence-corrected chi connectivity index (χ2v) is 5.83. The molecule has 0 spiro atoms. The summed E-state index contributed by atoms with van der Waals surface area (Å²) in [4.78, 5) is 23.7. The van der Waals surface area contributed by atoms with Crippen LogP contribution in [-0.4, -0.2) is 21.6 Å². The van der Waals surface area contributed by atoms with Gasteiger partial charge in [0, 0.05) is 22.1 Å². The number of halogens is 1. The lowest BCUT2D eigenvalue weighted by atomic mass is 10.1. The summed E-state index contributed by atoms with van der Waals surface area (Å²) in [7, 11) is 0. The van der Waals surface area contributed by atoms with Crippen LogP contribution in [0.4, 0.5) is 0 Å². The maximum atomic E-state index is 12.3. The first-order valence-corrected chi connectivity index (χ1v) is 7.74. The van der Waals surface area contributed by atoms with Crippen LogP contribution in [0.3, 0.4) is 0 Å². The van der Waals surface area contributed by atoms with E-state index in [-0.39, 0.29) is 12.5 Å². The number of carboxylic acids is 1. The molecular formula is C18H15ClN2O3. The van der Waals surface area contributed by atoms with E-state index in [0.29, 0.717) is 10.6 Å². The maximum absolute atomic E-state index is 12.3. The largest absolute Gasteiger partial charge is 0.479 e. The zero-order valence-corrected chi connectivity index (χ0v) is 13.4. The van der Waals surface area contributed by atoms with Crippen LogP contribution < -0.4 is 5.32 Å². The van der Waals surface area contributed by atoms with Gasteiger partial charge in [0.15, 0.2) is 6.04 Å². The van der Waals surface area contributed by atoms with Crippen LogP contribution in [0.2, 0.25) is 5.02 Å². The SMILES string of the molecule is O=C(Cn1ccc2cc(Cl)ccc21)N[C@@H](C(=O)O)c1ccccc1. The number of nitrogens with zero attached hydrogens (tertiary/aromatic N) is 1. The summed E-state index contributed by atoms with van der Waals surface area (Å²) in [5, 5.41) is 13.5. The quantitative estimate of drug-likeness (QED) is 0.747. The highest BCUT2D eigenvalue weighted by atomic mass is 35.5. The van der Waals surface area contributed by atoms with Crippen molar-refractivity contribution < 1.29 is 14.7 Å². The third-order valence-electron chi connectivity index (χ3n) is 3.73. The molecule has 3 aromatic rings. The van der Waals surface area contributed by atoms with E-state index >= 15 is 0 Å². The zero-order valence-electron chi connectivity index (χ0n) is 12.6. The number of fused-ring (bicyclic) bond motifs is 1. The molecule has 1 amide bonds. The average molecular weight is 343 g/mol. The van der Waals surface area contributed by atoms with E-state index in [9.17, 15) is 14.7 Å². The fraction of sp³-hybridized carbons (Fsp3) is 0.111. The first-order valence-electron chi connectivity index (χ1n) is 7.36. The highest BCUT2D eigenvalue weighted by Gasteiger charge is 2.22. The van der Waals surface area contributed by atoms with Crippen LogP contribution in [0.25, 0.3) is 10.9 Å². The van der Waals surface area contributed by atoms with E-state index < -0.39 is 12.0 Å². The summed E-state index contributed by atoms with van der Waals surface area (Å²) in [6.07, 6.45) is 1.78. The van der Waals surface area contributed by atoms with E-state index in [4.69, 9.17) is 11.6 Å². The van der Waals surface area contributed by atoms with Crippen LogP contribution in [0.15, 0.2) is 60.8 Å². The number of aliphatic carboxylic acids is 1. The van der Waals surface area contributed by atoms with Crippen molar-refractivity contribution in [3.05, 3.63) is 71.4 Å². The standard InChI is InChI=1S/C18H15ClN2O3/c19-14-6-7-15-13(10-14)8-9-21(15)11-16(22)20-17(18(23)24)12-4-2-1-3-5-12/h1-10,17H,11H2,(H,20,22)(H,23,24)/t17-/m1/s1. The summed E-state index contributed by atoms with van der Waals surface area (Å²) in [6, 6.07) is 14.8. The first-order chi connectivity index (χ1) is 11.5. The molecule has 0 aliphatic heterocycles. The number of carboxylic acid groups (broad SMARTS) is 1. The van der Waals surface area contributed by atoms with Gasteiger partial charge in [0.1, 0.15) is 6.54 Å². The van der Waals surface area contributed by atoms with Crippen LogP contribution >= 0.6 is 11.6 Å². The Morgan fingerprint density at radius 2 is 1.88 bits per heavy atom. The predicted octanol–water partition coefficient (Wildman–Crippen LogP) is 3.24. The highest BCUT2D eigenvalue weighted by molar-refractivity contribution is 6.31. The summed E-state index contributed by atoms with van der Waals surface area (Å²) in [5.41, 5.74) is 1.39. The van der Waals surface area contributed by atoms with Crippen molar-refractivity contribution in [3.63, 3.8) is 0 Å². The minimum Gasteiger partial charge on any atom is -0.479 e. The first kappa shape index (κ1) is 16.1. The van der Waals surface area contributed by atoms with Gasteiger partial charge in [0.25, 0.3) is 0 Å². The van der Waals surface area contributed by atoms with Gasteiger partial charge in [-0.3, -0.25) is 4.79 Å². The summed E-state index contributed by atoms with van der Waals surface area (Å²) in [6.45, 7) is 0.0295. The molecule has 1 aromatic heterocycles. The van der Waals surface area contributed by atoms with Gasteiger partial charge in [-0.05, 0) is 29.8 Å². The van der Waals surface area contributed by atoms with Crippen LogP contribution in [0, 0.1) is 0 Å². The molecule has 0 saturated heterocycles. The van der Waals surface area contributed by atoms with Gasteiger partial charge < -0.3 is 15.0 Å². The molecule has 0 fully saturated rings. The zero-order chi connectivity index (χ0) is 17.1. The molecule has 0 unspecified atom stereocenters. The van der Waals surface area contributed by atoms with Gasteiger partial charge in [-0.25, -0.2) is 4.79 Å². The molecule has 24 heavy (non-hydrogen) atoms. The fourth-order valence-electron chi connectivity index (χ4n) is 2.60. The molecule has 6 heteroatoms. The van der Waals surface area contributed by atoms with Crippen molar-refractivity contribution >= 4 is 34.4 Å². The number of hydrogen-bond acceptors (Lipinski definition) is 2. The van der Waals surface area contributed by atoms with Crippen molar-refractivity contribution in [2.75, 3.05) is 0 Å². The fourth-order valence-corrected chi connectivity index (χ4v) is 2.78. The van der Waals surface area contributed by atoms with Crippen molar-refractivity contribution in [2.24, 2.45) is 0 Å². The lowest BCUT2D eigenvalue weighted by molar-refractivity contribution is -0.142. The highest BCUT2D eigenvalue weighted by Crippen LogP contribution is 2.20. The minimum atomic E-state index is -1.10. The smallest absolute Gasteiger partial charge is 0.330 e. The summed E-state index contributed by atoms with van der Waals surface area (Å²) in [5.74, 6) is -1.47. The Hall–Kier alpha value is -2.79. The number of nitrogens with one attached hydrogen (secondary N) is 1. The molecule has 0 saturated carbocycles. The lowest BCUT2D eigenvalue weighted by Gasteiger charge is -2.15. The minimum absolute atomic E-state index is 0.0295. The Labute approximate surface area is 143 Å². The van der Waals surface area contributed by atoms with E-state index in [1.165, 1.54) is 0 Å². The number of carbonyl (C=O) groups excluding carboxylic acids is 1. The molecule has 3 rings (SSSR count). The Morgan fingerprint density at radius 1 is 1.12 bits per heavy atom. The number of aromatic nitrogens is 1. The molecule has 2 N–H and O–H groups in total. The number of carbonyl (C=O) groups is 2. The molecule has 0 aliphatic rings. The number of rotatable bonds is 5. The lowest BCUT2D eigenvalue weighted by Crippen LogP contribution is -2.35. The van der Waals surface area contributed by atoms with Crippen molar-refractivity contribution in [3.8, 4) is 0 Å². The second kappa shape index (κ2) is 6.76. The number of hydrogen-bond donors (Lipinski definition) is 2. The van der Waals surface area contributed by atoms with Crippen LogP contribution in [0.5, 0.6) is 0 Å². The second-order valence-electron chi connectivity index (χ2n) is 5.40. The van der Waals surface area contributed by atoms with Gasteiger partial charge in [0.05, 0.1) is 0 Å². The molecular weight excluding hydrogens is 328 g/mol. The molecule has 0 aliphatic carbocycles. The Bertz CT molecular complexity index is 890. The molecule has 122 valence electrons. The maximum Gasteiger partial charge on any atom is 0.330 e. The van der Waals surface area contributed by atoms with E-state index in [1.807, 2.05) is 18.2 Å². The van der Waals surface area contributed by atoms with E-state index in [2.05, 4.69) is 5.32 Å².